The molecule has 1 heterocycles. The van der Waals surface area contributed by atoms with Crippen LogP contribution < -0.4 is 10.6 Å². The number of hydrogen-bond donors (Lipinski definition) is 2. The molecule has 0 fully saturated rings. The number of nitrogens with zero attached hydrogens (tertiary/aromatic N) is 1. The van der Waals surface area contributed by atoms with Crippen molar-refractivity contribution in [1.82, 2.24) is 10.6 Å². The summed E-state index contributed by atoms with van der Waals surface area (Å²) in [6, 6.07) is 2.90. The van der Waals surface area contributed by atoms with Crippen molar-refractivity contribution >= 4 is 35.3 Å². The molecule has 0 spiro atoms. The lowest BCUT2D eigenvalue weighted by Gasteiger charge is -2.21. The van der Waals surface area contributed by atoms with Crippen LogP contribution in [0.15, 0.2) is 29.5 Å². The Bertz CT molecular complexity index is 806. The van der Waals surface area contributed by atoms with Gasteiger partial charge in [0.05, 0.1) is 29.3 Å². The Labute approximate surface area is 152 Å². The maximum Gasteiger partial charge on any atom is 0.345 e. The molecule has 138 valence electrons. The van der Waals surface area contributed by atoms with E-state index in [-0.39, 0.29) is 35.0 Å². The van der Waals surface area contributed by atoms with E-state index in [4.69, 9.17) is 21.1 Å². The van der Waals surface area contributed by atoms with Gasteiger partial charge in [0, 0.05) is 11.1 Å². The fraction of sp³-hybridized carbons (Fsp3) is 0.267. The van der Waals surface area contributed by atoms with E-state index in [2.05, 4.69) is 10.6 Å². The number of amides is 2. The predicted octanol–water partition coefficient (Wildman–Crippen LogP) is 1.53. The molecule has 0 unspecified atom stereocenters. The summed E-state index contributed by atoms with van der Waals surface area (Å²) in [5, 5.41) is 15.9. The summed E-state index contributed by atoms with van der Waals surface area (Å²) in [4.78, 5) is 45.8. The molecular formula is C15H14ClN3O7. The van der Waals surface area contributed by atoms with Crippen molar-refractivity contribution in [3.05, 3.63) is 50.2 Å². The molecular weight excluding hydrogens is 370 g/mol. The van der Waals surface area contributed by atoms with Crippen molar-refractivity contribution in [2.75, 3.05) is 19.8 Å². The van der Waals surface area contributed by atoms with Crippen LogP contribution in [0.3, 0.4) is 0 Å². The minimum Gasteiger partial charge on any atom is -0.463 e. The highest BCUT2D eigenvalue weighted by atomic mass is 35.5. The third kappa shape index (κ3) is 4.48. The molecule has 2 rings (SSSR count). The molecule has 0 aromatic heterocycles. The van der Waals surface area contributed by atoms with Crippen LogP contribution in [0, 0.1) is 10.1 Å². The van der Waals surface area contributed by atoms with Gasteiger partial charge in [-0.1, -0.05) is 11.6 Å². The number of carbonyl (C=O) groups excluding carboxylic acids is 3. The van der Waals surface area contributed by atoms with Gasteiger partial charge < -0.3 is 20.1 Å². The first-order chi connectivity index (χ1) is 12.3. The van der Waals surface area contributed by atoms with Crippen molar-refractivity contribution in [3.8, 4) is 0 Å². The third-order valence-electron chi connectivity index (χ3n) is 3.30. The molecule has 2 amide bonds. The zero-order valence-electron chi connectivity index (χ0n) is 13.5. The van der Waals surface area contributed by atoms with E-state index in [9.17, 15) is 24.5 Å². The molecule has 0 atom stereocenters. The predicted molar refractivity (Wildman–Crippen MR) is 88.6 cm³/mol. The van der Waals surface area contributed by atoms with Crippen LogP contribution >= 0.6 is 11.6 Å². The number of urea groups is 1. The number of benzene rings is 1. The molecule has 1 aliphatic heterocycles. The molecule has 1 aromatic carbocycles. The maximum atomic E-state index is 12.2. The molecule has 2 N–H and O–H groups in total. The molecule has 1 aliphatic rings. The summed E-state index contributed by atoms with van der Waals surface area (Å²) in [5.74, 6) is -1.68. The summed E-state index contributed by atoms with van der Waals surface area (Å²) in [5.41, 5.74) is -0.698. The van der Waals surface area contributed by atoms with Crippen LogP contribution in [-0.2, 0) is 14.3 Å². The Balaban J connectivity index is 2.20. The highest BCUT2D eigenvalue weighted by Gasteiger charge is 2.26. The zero-order chi connectivity index (χ0) is 19.3. The number of esters is 2. The minimum atomic E-state index is -1.00. The molecule has 0 aliphatic carbocycles. The standard InChI is InChI=1S/C15H14ClN3O7/c1-2-25-14(21)10-6-17-15(22)18-11(10)7-26-13(20)9-4-3-8(16)5-12(9)19(23)24/h3-5H,2,6-7H2,1H3,(H2,17,18,22). The number of halogens is 1. The van der Waals surface area contributed by atoms with Gasteiger partial charge in [-0.2, -0.15) is 0 Å². The number of nitro groups is 1. The Morgan fingerprint density at radius 1 is 1.31 bits per heavy atom. The summed E-state index contributed by atoms with van der Waals surface area (Å²) < 4.78 is 9.88. The molecule has 26 heavy (non-hydrogen) atoms. The molecule has 0 saturated heterocycles. The van der Waals surface area contributed by atoms with Crippen LogP contribution in [0.1, 0.15) is 17.3 Å². The van der Waals surface area contributed by atoms with Gasteiger partial charge in [-0.3, -0.25) is 10.1 Å². The first kappa shape index (κ1) is 19.2. The fourth-order valence-electron chi connectivity index (χ4n) is 2.11. The van der Waals surface area contributed by atoms with E-state index >= 15 is 0 Å². The average molecular weight is 384 g/mol. The minimum absolute atomic E-state index is 0.0390. The van der Waals surface area contributed by atoms with Crippen LogP contribution in [0.25, 0.3) is 0 Å². The van der Waals surface area contributed by atoms with Crippen molar-refractivity contribution in [2.45, 2.75) is 6.92 Å². The van der Waals surface area contributed by atoms with Crippen molar-refractivity contribution in [2.24, 2.45) is 0 Å². The zero-order valence-corrected chi connectivity index (χ0v) is 14.3. The van der Waals surface area contributed by atoms with Crippen LogP contribution in [0.4, 0.5) is 10.5 Å². The number of nitro benzene ring substituents is 1. The molecule has 0 saturated carbocycles. The van der Waals surface area contributed by atoms with Gasteiger partial charge in [0.15, 0.2) is 0 Å². The number of carbonyl (C=O) groups is 3. The van der Waals surface area contributed by atoms with Crippen LogP contribution in [0.5, 0.6) is 0 Å². The van der Waals surface area contributed by atoms with Crippen molar-refractivity contribution in [3.63, 3.8) is 0 Å². The molecule has 10 nitrogen and oxygen atoms in total. The normalized spacial score (nSPS) is 13.5. The summed E-state index contributed by atoms with van der Waals surface area (Å²) in [6.45, 7) is 1.17. The second-order valence-electron chi connectivity index (χ2n) is 4.98. The average Bonchev–Trinajstić information content (AvgIpc) is 2.59. The van der Waals surface area contributed by atoms with E-state index in [0.717, 1.165) is 12.1 Å². The van der Waals surface area contributed by atoms with Gasteiger partial charge in [0.2, 0.25) is 0 Å². The van der Waals surface area contributed by atoms with Crippen LogP contribution in [-0.4, -0.2) is 42.7 Å². The van der Waals surface area contributed by atoms with Gasteiger partial charge in [-0.05, 0) is 19.1 Å². The monoisotopic (exact) mass is 383 g/mol. The molecule has 0 radical (unpaired) electrons. The summed E-state index contributed by atoms with van der Waals surface area (Å²) in [6.07, 6.45) is 0. The van der Waals surface area contributed by atoms with E-state index in [1.165, 1.54) is 6.07 Å². The Kier molecular flexibility index (Phi) is 6.12. The number of ether oxygens (including phenoxy) is 2. The Morgan fingerprint density at radius 2 is 2.04 bits per heavy atom. The molecule has 11 heteroatoms. The van der Waals surface area contributed by atoms with Gasteiger partial charge in [0.1, 0.15) is 12.2 Å². The first-order valence-electron chi connectivity index (χ1n) is 7.38. The quantitative estimate of drug-likeness (QED) is 0.431. The van der Waals surface area contributed by atoms with E-state index in [0.29, 0.717) is 0 Å². The lowest BCUT2D eigenvalue weighted by molar-refractivity contribution is -0.385. The number of hydrogen-bond acceptors (Lipinski definition) is 7. The van der Waals surface area contributed by atoms with Crippen molar-refractivity contribution < 1.29 is 28.8 Å². The number of rotatable bonds is 6. The maximum absolute atomic E-state index is 12.2. The molecule has 0 bridgehead atoms. The first-order valence-corrected chi connectivity index (χ1v) is 7.76. The second kappa shape index (κ2) is 8.30. The van der Waals surface area contributed by atoms with Crippen LogP contribution in [0.2, 0.25) is 5.02 Å². The van der Waals surface area contributed by atoms with E-state index in [1.54, 1.807) is 6.92 Å². The van der Waals surface area contributed by atoms with Gasteiger partial charge in [-0.25, -0.2) is 14.4 Å². The second-order valence-corrected chi connectivity index (χ2v) is 5.42. The summed E-state index contributed by atoms with van der Waals surface area (Å²) in [7, 11) is 0. The van der Waals surface area contributed by atoms with Gasteiger partial charge in [0.25, 0.3) is 5.69 Å². The Hall–Kier alpha value is -3.14. The van der Waals surface area contributed by atoms with Gasteiger partial charge in [-0.15, -0.1) is 0 Å². The highest BCUT2D eigenvalue weighted by molar-refractivity contribution is 6.31. The SMILES string of the molecule is CCOC(=O)C1=C(COC(=O)c2ccc(Cl)cc2[N+](=O)[O-])NC(=O)NC1. The van der Waals surface area contributed by atoms with E-state index < -0.39 is 35.2 Å². The van der Waals surface area contributed by atoms with E-state index in [1.807, 2.05) is 0 Å². The molecule has 1 aromatic rings. The lowest BCUT2D eigenvalue weighted by atomic mass is 10.1. The summed E-state index contributed by atoms with van der Waals surface area (Å²) >= 11 is 5.69. The topological polar surface area (TPSA) is 137 Å². The fourth-order valence-corrected chi connectivity index (χ4v) is 2.28. The smallest absolute Gasteiger partial charge is 0.345 e. The lowest BCUT2D eigenvalue weighted by Crippen LogP contribution is -2.45. The largest absolute Gasteiger partial charge is 0.463 e. The highest BCUT2D eigenvalue weighted by Crippen LogP contribution is 2.24. The van der Waals surface area contributed by atoms with Gasteiger partial charge >= 0.3 is 18.0 Å². The number of nitrogens with one attached hydrogen (secondary N) is 2. The Morgan fingerprint density at radius 3 is 2.69 bits per heavy atom. The van der Waals surface area contributed by atoms with Crippen molar-refractivity contribution in [1.29, 1.82) is 0 Å². The third-order valence-corrected chi connectivity index (χ3v) is 3.54.